The van der Waals surface area contributed by atoms with Gasteiger partial charge in [0.25, 0.3) is 0 Å². The molecule has 0 atom stereocenters. The molecule has 9 rings (SSSR count). The van der Waals surface area contributed by atoms with Crippen LogP contribution in [0.2, 0.25) is 0 Å². The minimum absolute atomic E-state index is 0.00508. The quantitative estimate of drug-likeness (QED) is 0.166. The first-order valence-corrected chi connectivity index (χ1v) is 25.7. The van der Waals surface area contributed by atoms with E-state index in [1.807, 2.05) is 0 Å². The Balaban J connectivity index is 1.38. The van der Waals surface area contributed by atoms with Crippen molar-refractivity contribution in [1.29, 1.82) is 0 Å². The van der Waals surface area contributed by atoms with E-state index in [2.05, 4.69) is 270 Å². The van der Waals surface area contributed by atoms with E-state index < -0.39 is 0 Å². The van der Waals surface area contributed by atoms with Gasteiger partial charge in [0.1, 0.15) is 0 Å². The zero-order chi connectivity index (χ0) is 50.2. The maximum Gasteiger partial charge on any atom is 0.0543 e. The molecular weight excluding hydrogens is 831 g/mol. The summed E-state index contributed by atoms with van der Waals surface area (Å²) >= 11 is 0. The van der Waals surface area contributed by atoms with Crippen molar-refractivity contribution >= 4 is 17.1 Å². The zero-order valence-electron chi connectivity index (χ0n) is 45.6. The number of rotatable bonds is 5. The lowest BCUT2D eigenvalue weighted by Crippen LogP contribution is -2.19. The summed E-state index contributed by atoms with van der Waals surface area (Å²) in [6.45, 7) is 44.9. The Morgan fingerprint density at radius 1 is 0.319 bits per heavy atom. The van der Waals surface area contributed by atoms with E-state index in [0.29, 0.717) is 0 Å². The Hall–Kier alpha value is -5.66. The molecular formula is C68H79N. The molecule has 0 aliphatic heterocycles. The van der Waals surface area contributed by atoms with Crippen molar-refractivity contribution in [3.05, 3.63) is 184 Å². The van der Waals surface area contributed by atoms with Gasteiger partial charge in [-0.1, -0.05) is 229 Å². The predicted octanol–water partition coefficient (Wildman–Crippen LogP) is 19.6. The SMILES string of the molecule is CC(C)(C)c1cc(-c2cc(C(C)(C)C)ccc2-c2ccc(C(C)(C)C)cc2N(c2ccc3c(c2)C(C)(C)c2ccccc2-3)c2ccc3c(c2)C(C)(C)c2cccc(C(C)(C)C)c2-3)cc(C(C)(C)C)c1. The van der Waals surface area contributed by atoms with Gasteiger partial charge >= 0.3 is 0 Å². The van der Waals surface area contributed by atoms with Crippen LogP contribution >= 0.6 is 0 Å². The minimum atomic E-state index is -0.190. The van der Waals surface area contributed by atoms with E-state index in [9.17, 15) is 0 Å². The van der Waals surface area contributed by atoms with Gasteiger partial charge in [0.05, 0.1) is 5.69 Å². The van der Waals surface area contributed by atoms with Crippen molar-refractivity contribution in [1.82, 2.24) is 0 Å². The van der Waals surface area contributed by atoms with Gasteiger partial charge in [-0.15, -0.1) is 0 Å². The molecule has 2 aliphatic carbocycles. The highest BCUT2D eigenvalue weighted by Crippen LogP contribution is 2.56. The molecule has 0 N–H and O–H groups in total. The van der Waals surface area contributed by atoms with E-state index >= 15 is 0 Å². The molecule has 0 radical (unpaired) electrons. The van der Waals surface area contributed by atoms with Gasteiger partial charge in [-0.3, -0.25) is 0 Å². The third-order valence-electron chi connectivity index (χ3n) is 15.8. The Bertz CT molecular complexity index is 3130. The first kappa shape index (κ1) is 48.4. The Morgan fingerprint density at radius 3 is 1.35 bits per heavy atom. The van der Waals surface area contributed by atoms with Crippen molar-refractivity contribution in [2.24, 2.45) is 0 Å². The van der Waals surface area contributed by atoms with E-state index in [-0.39, 0.29) is 37.9 Å². The lowest BCUT2D eigenvalue weighted by molar-refractivity contribution is 0.569. The van der Waals surface area contributed by atoms with Crippen LogP contribution < -0.4 is 4.90 Å². The molecule has 7 aromatic carbocycles. The molecule has 69 heavy (non-hydrogen) atoms. The highest BCUT2D eigenvalue weighted by Gasteiger charge is 2.40. The summed E-state index contributed by atoms with van der Waals surface area (Å²) in [4.78, 5) is 2.61. The van der Waals surface area contributed by atoms with Gasteiger partial charge in [0.2, 0.25) is 0 Å². The van der Waals surface area contributed by atoms with Crippen LogP contribution in [-0.2, 0) is 37.9 Å². The second-order valence-electron chi connectivity index (χ2n) is 26.9. The number of hydrogen-bond donors (Lipinski definition) is 0. The predicted molar refractivity (Wildman–Crippen MR) is 301 cm³/mol. The molecule has 0 unspecified atom stereocenters. The number of anilines is 3. The molecule has 0 saturated carbocycles. The number of benzene rings is 7. The van der Waals surface area contributed by atoms with Crippen molar-refractivity contribution in [3.8, 4) is 44.5 Å². The lowest BCUT2D eigenvalue weighted by Gasteiger charge is -2.33. The molecule has 0 aromatic heterocycles. The van der Waals surface area contributed by atoms with Gasteiger partial charge in [-0.25, -0.2) is 0 Å². The maximum absolute atomic E-state index is 2.61. The monoisotopic (exact) mass is 910 g/mol. The fraction of sp³-hybridized carbons (Fsp3) is 0.382. The van der Waals surface area contributed by atoms with Crippen molar-refractivity contribution in [2.45, 2.75) is 169 Å². The fourth-order valence-corrected chi connectivity index (χ4v) is 11.3. The third kappa shape index (κ3) is 8.30. The average molecular weight is 910 g/mol. The summed E-state index contributed by atoms with van der Waals surface area (Å²) < 4.78 is 0. The maximum atomic E-state index is 2.61. The fourth-order valence-electron chi connectivity index (χ4n) is 11.3. The highest BCUT2D eigenvalue weighted by atomic mass is 15.1. The standard InChI is InChI=1S/C68H79N/c1-62(2,3)43-27-31-49(54(38-43)42-35-45(64(7,8)9)37-46(36-42)65(10,11)12)52-32-28-44(63(4,5)6)39-60(52)69(47-29-33-51-50-23-20-21-24-55(50)67(16,17)58(51)40-47)48-30-34-53-59(41-48)68(18,19)57-26-22-25-56(61(53)57)66(13,14)15/h20-41H,1-19H3. The first-order chi connectivity index (χ1) is 31.9. The lowest BCUT2D eigenvalue weighted by atomic mass is 9.77. The van der Waals surface area contributed by atoms with E-state index in [0.717, 1.165) is 0 Å². The highest BCUT2D eigenvalue weighted by molar-refractivity contribution is 5.97. The van der Waals surface area contributed by atoms with Gasteiger partial charge in [0, 0.05) is 27.8 Å². The van der Waals surface area contributed by atoms with E-state index in [1.54, 1.807) is 0 Å². The van der Waals surface area contributed by atoms with Crippen molar-refractivity contribution in [2.75, 3.05) is 4.90 Å². The Labute approximate surface area is 417 Å². The summed E-state index contributed by atoms with van der Waals surface area (Å²) in [6.07, 6.45) is 0. The van der Waals surface area contributed by atoms with Crippen molar-refractivity contribution < 1.29 is 0 Å². The van der Waals surface area contributed by atoms with Crippen LogP contribution in [0.1, 0.15) is 182 Å². The van der Waals surface area contributed by atoms with E-state index in [1.165, 1.54) is 112 Å². The van der Waals surface area contributed by atoms with Gasteiger partial charge in [-0.05, 0) is 152 Å². The van der Waals surface area contributed by atoms with Crippen LogP contribution in [-0.4, -0.2) is 0 Å². The smallest absolute Gasteiger partial charge is 0.0543 e. The summed E-state index contributed by atoms with van der Waals surface area (Å²) in [5, 5.41) is 0. The molecule has 2 aliphatic rings. The molecule has 0 spiro atoms. The normalized spacial score (nSPS) is 15.1. The summed E-state index contributed by atoms with van der Waals surface area (Å²) in [5.74, 6) is 0. The number of nitrogens with zero attached hydrogens (tertiary/aromatic N) is 1. The molecule has 0 heterocycles. The Morgan fingerprint density at radius 2 is 0.783 bits per heavy atom. The number of hydrogen-bond acceptors (Lipinski definition) is 1. The van der Waals surface area contributed by atoms with Crippen molar-refractivity contribution in [3.63, 3.8) is 0 Å². The third-order valence-corrected chi connectivity index (χ3v) is 15.8. The molecule has 1 nitrogen and oxygen atoms in total. The molecule has 0 amide bonds. The van der Waals surface area contributed by atoms with Crippen LogP contribution in [0, 0.1) is 0 Å². The largest absolute Gasteiger partial charge is 0.310 e. The minimum Gasteiger partial charge on any atom is -0.310 e. The molecule has 0 fully saturated rings. The summed E-state index contributed by atoms with van der Waals surface area (Å²) in [5.41, 5.74) is 25.8. The van der Waals surface area contributed by atoms with Crippen LogP contribution in [0.4, 0.5) is 17.1 Å². The van der Waals surface area contributed by atoms with Gasteiger partial charge in [0.15, 0.2) is 0 Å². The Kier molecular flexibility index (Phi) is 11.2. The molecule has 0 bridgehead atoms. The van der Waals surface area contributed by atoms with Gasteiger partial charge < -0.3 is 4.90 Å². The first-order valence-electron chi connectivity index (χ1n) is 25.7. The molecule has 7 aromatic rings. The van der Waals surface area contributed by atoms with Crippen LogP contribution in [0.15, 0.2) is 133 Å². The summed E-state index contributed by atoms with van der Waals surface area (Å²) in [7, 11) is 0. The number of fused-ring (bicyclic) bond motifs is 6. The molecule has 0 saturated heterocycles. The van der Waals surface area contributed by atoms with Crippen LogP contribution in [0.25, 0.3) is 44.5 Å². The molecule has 356 valence electrons. The topological polar surface area (TPSA) is 3.24 Å². The van der Waals surface area contributed by atoms with E-state index in [4.69, 9.17) is 0 Å². The zero-order valence-corrected chi connectivity index (χ0v) is 45.6. The molecule has 1 heteroatoms. The second kappa shape index (κ2) is 15.9. The van der Waals surface area contributed by atoms with Gasteiger partial charge in [-0.2, -0.15) is 0 Å². The summed E-state index contributed by atoms with van der Waals surface area (Å²) in [6, 6.07) is 52.8. The van der Waals surface area contributed by atoms with Crippen LogP contribution in [0.5, 0.6) is 0 Å². The van der Waals surface area contributed by atoms with Crippen LogP contribution in [0.3, 0.4) is 0 Å². The average Bonchev–Trinajstić information content (AvgIpc) is 3.63. The second-order valence-corrected chi connectivity index (χ2v) is 26.9.